The average Bonchev–Trinajstić information content (AvgIpc) is 2.56. The Morgan fingerprint density at radius 3 is 2.71 bits per heavy atom. The Hall–Kier alpha value is -0.380. The highest BCUT2D eigenvalue weighted by atomic mass is 35.5. The smallest absolute Gasteiger partial charge is 0.141 e. The summed E-state index contributed by atoms with van der Waals surface area (Å²) in [5.41, 5.74) is 0.965. The molecule has 1 atom stereocenters. The van der Waals surface area contributed by atoms with Gasteiger partial charge in [0.15, 0.2) is 0 Å². The van der Waals surface area contributed by atoms with Gasteiger partial charge in [-0.05, 0) is 31.0 Å². The average molecular weight is 239 g/mol. The molecule has 2 rings (SSSR count). The quantitative estimate of drug-likeness (QED) is 0.814. The van der Waals surface area contributed by atoms with Crippen LogP contribution in [0.4, 0.5) is 4.39 Å². The van der Waals surface area contributed by atoms with E-state index in [1.54, 1.807) is 12.3 Å². The summed E-state index contributed by atoms with van der Waals surface area (Å²) in [7, 11) is 0. The molecule has 1 N–H and O–H groups in total. The third-order valence-corrected chi connectivity index (χ3v) is 2.19. The lowest BCUT2D eigenvalue weighted by molar-refractivity contribution is 0.598. The number of pyridine rings is 1. The Morgan fingerprint density at radius 1 is 1.36 bits per heavy atom. The highest BCUT2D eigenvalue weighted by Gasteiger charge is 2.16. The van der Waals surface area contributed by atoms with Gasteiger partial charge in [0.2, 0.25) is 0 Å². The standard InChI is InChI=1S/C9H11FN2.2ClH/c10-8-4-7(5-11-6-8)9-2-1-3-12-9;;/h4-6,9,12H,1-3H2;2*1H. The Labute approximate surface area is 95.1 Å². The zero-order valence-corrected chi connectivity index (χ0v) is 9.21. The highest BCUT2D eigenvalue weighted by molar-refractivity contribution is 5.85. The summed E-state index contributed by atoms with van der Waals surface area (Å²) in [6.45, 7) is 1.03. The molecule has 0 bridgehead atoms. The third-order valence-electron chi connectivity index (χ3n) is 2.19. The van der Waals surface area contributed by atoms with E-state index in [0.29, 0.717) is 6.04 Å². The van der Waals surface area contributed by atoms with Crippen LogP contribution in [-0.4, -0.2) is 11.5 Å². The maximum absolute atomic E-state index is 12.7. The second-order valence-electron chi connectivity index (χ2n) is 3.09. The fraction of sp³-hybridized carbons (Fsp3) is 0.444. The van der Waals surface area contributed by atoms with Crippen molar-refractivity contribution in [1.82, 2.24) is 10.3 Å². The molecule has 1 unspecified atom stereocenters. The Kier molecular flexibility index (Phi) is 6.00. The van der Waals surface area contributed by atoms with Gasteiger partial charge >= 0.3 is 0 Å². The summed E-state index contributed by atoms with van der Waals surface area (Å²) in [5, 5.41) is 3.29. The number of aromatic nitrogens is 1. The third kappa shape index (κ3) is 3.08. The minimum atomic E-state index is -0.249. The summed E-state index contributed by atoms with van der Waals surface area (Å²) in [4.78, 5) is 3.81. The van der Waals surface area contributed by atoms with E-state index in [1.165, 1.54) is 12.6 Å². The first kappa shape index (κ1) is 13.6. The van der Waals surface area contributed by atoms with Crippen molar-refractivity contribution in [2.24, 2.45) is 0 Å². The van der Waals surface area contributed by atoms with Crippen molar-refractivity contribution in [1.29, 1.82) is 0 Å². The Balaban J connectivity index is 0.000000845. The fourth-order valence-electron chi connectivity index (χ4n) is 1.59. The molecule has 0 aromatic carbocycles. The van der Waals surface area contributed by atoms with Gasteiger partial charge in [-0.1, -0.05) is 0 Å². The van der Waals surface area contributed by atoms with E-state index in [1.807, 2.05) is 0 Å². The molecule has 0 spiro atoms. The van der Waals surface area contributed by atoms with Crippen LogP contribution in [0.25, 0.3) is 0 Å². The summed E-state index contributed by atoms with van der Waals surface area (Å²) in [6.07, 6.45) is 5.22. The van der Waals surface area contributed by atoms with Crippen LogP contribution in [0.5, 0.6) is 0 Å². The van der Waals surface area contributed by atoms with E-state index in [9.17, 15) is 4.39 Å². The van der Waals surface area contributed by atoms with E-state index in [4.69, 9.17) is 0 Å². The van der Waals surface area contributed by atoms with Gasteiger partial charge in [-0.2, -0.15) is 0 Å². The Morgan fingerprint density at radius 2 is 2.14 bits per heavy atom. The second kappa shape index (κ2) is 6.17. The first-order chi connectivity index (χ1) is 5.86. The molecule has 2 heterocycles. The number of nitrogens with one attached hydrogen (secondary N) is 1. The summed E-state index contributed by atoms with van der Waals surface area (Å²) in [5.74, 6) is -0.249. The molecule has 0 aliphatic carbocycles. The Bertz CT molecular complexity index is 277. The maximum atomic E-state index is 12.7. The molecule has 0 saturated carbocycles. The van der Waals surface area contributed by atoms with Gasteiger partial charge in [0.05, 0.1) is 6.20 Å². The number of hydrogen-bond donors (Lipinski definition) is 1. The van der Waals surface area contributed by atoms with Crippen LogP contribution in [0.1, 0.15) is 24.4 Å². The first-order valence-electron chi connectivity index (χ1n) is 4.20. The molecule has 0 amide bonds. The van der Waals surface area contributed by atoms with E-state index in [0.717, 1.165) is 18.5 Å². The minimum absolute atomic E-state index is 0. The molecule has 1 saturated heterocycles. The fourth-order valence-corrected chi connectivity index (χ4v) is 1.59. The highest BCUT2D eigenvalue weighted by Crippen LogP contribution is 2.22. The zero-order chi connectivity index (χ0) is 8.39. The van der Waals surface area contributed by atoms with Gasteiger partial charge in [-0.3, -0.25) is 4.98 Å². The second-order valence-corrected chi connectivity index (χ2v) is 3.09. The van der Waals surface area contributed by atoms with E-state index < -0.39 is 0 Å². The first-order valence-corrected chi connectivity index (χ1v) is 4.20. The van der Waals surface area contributed by atoms with Gasteiger partial charge in [0.25, 0.3) is 0 Å². The summed E-state index contributed by atoms with van der Waals surface area (Å²) >= 11 is 0. The van der Waals surface area contributed by atoms with Crippen molar-refractivity contribution in [3.63, 3.8) is 0 Å². The van der Waals surface area contributed by atoms with Crippen molar-refractivity contribution in [3.8, 4) is 0 Å². The number of nitrogens with zero attached hydrogens (tertiary/aromatic N) is 1. The molecule has 1 aromatic rings. The van der Waals surface area contributed by atoms with Crippen LogP contribution in [0.15, 0.2) is 18.5 Å². The van der Waals surface area contributed by atoms with Crippen LogP contribution in [0.2, 0.25) is 0 Å². The molecule has 1 aromatic heterocycles. The SMILES string of the molecule is Cl.Cl.Fc1cncc(C2CCCN2)c1. The largest absolute Gasteiger partial charge is 0.310 e. The molecule has 80 valence electrons. The van der Waals surface area contributed by atoms with Crippen molar-refractivity contribution < 1.29 is 4.39 Å². The van der Waals surface area contributed by atoms with Crippen LogP contribution >= 0.6 is 24.8 Å². The predicted molar refractivity (Wildman–Crippen MR) is 58.7 cm³/mol. The lowest BCUT2D eigenvalue weighted by atomic mass is 10.1. The molecule has 1 fully saturated rings. The van der Waals surface area contributed by atoms with Crippen molar-refractivity contribution >= 4 is 24.8 Å². The monoisotopic (exact) mass is 238 g/mol. The van der Waals surface area contributed by atoms with Gasteiger partial charge < -0.3 is 5.32 Å². The van der Waals surface area contributed by atoms with Gasteiger partial charge in [0, 0.05) is 12.2 Å². The molecule has 1 aliphatic heterocycles. The normalized spacial score (nSPS) is 19.6. The molecule has 5 heteroatoms. The van der Waals surface area contributed by atoms with Crippen molar-refractivity contribution in [2.75, 3.05) is 6.54 Å². The van der Waals surface area contributed by atoms with Crippen molar-refractivity contribution in [2.45, 2.75) is 18.9 Å². The molecule has 2 nitrogen and oxygen atoms in total. The molecule has 1 aliphatic rings. The topological polar surface area (TPSA) is 24.9 Å². The van der Waals surface area contributed by atoms with Crippen LogP contribution in [-0.2, 0) is 0 Å². The van der Waals surface area contributed by atoms with Crippen LogP contribution in [0, 0.1) is 5.82 Å². The van der Waals surface area contributed by atoms with E-state index in [2.05, 4.69) is 10.3 Å². The minimum Gasteiger partial charge on any atom is -0.310 e. The van der Waals surface area contributed by atoms with E-state index >= 15 is 0 Å². The van der Waals surface area contributed by atoms with E-state index in [-0.39, 0.29) is 30.6 Å². The lowest BCUT2D eigenvalue weighted by Gasteiger charge is -2.08. The molecular formula is C9H13Cl2FN2. The maximum Gasteiger partial charge on any atom is 0.141 e. The van der Waals surface area contributed by atoms with Gasteiger partial charge in [-0.15, -0.1) is 24.8 Å². The van der Waals surface area contributed by atoms with Gasteiger partial charge in [-0.25, -0.2) is 4.39 Å². The number of hydrogen-bond acceptors (Lipinski definition) is 2. The molecular weight excluding hydrogens is 226 g/mol. The summed E-state index contributed by atoms with van der Waals surface area (Å²) < 4.78 is 12.7. The lowest BCUT2D eigenvalue weighted by Crippen LogP contribution is -2.13. The van der Waals surface area contributed by atoms with Crippen LogP contribution < -0.4 is 5.32 Å². The van der Waals surface area contributed by atoms with Crippen molar-refractivity contribution in [3.05, 3.63) is 29.8 Å². The van der Waals surface area contributed by atoms with Gasteiger partial charge in [0.1, 0.15) is 5.82 Å². The predicted octanol–water partition coefficient (Wildman–Crippen LogP) is 2.49. The number of rotatable bonds is 1. The number of halogens is 3. The zero-order valence-electron chi connectivity index (χ0n) is 7.57. The summed E-state index contributed by atoms with van der Waals surface area (Å²) in [6, 6.07) is 1.86. The molecule has 0 radical (unpaired) electrons. The van der Waals surface area contributed by atoms with Crippen LogP contribution in [0.3, 0.4) is 0 Å². The molecule has 14 heavy (non-hydrogen) atoms.